The molecule has 1 aliphatic rings. The highest BCUT2D eigenvalue weighted by Gasteiger charge is 2.22. The Bertz CT molecular complexity index is 322. The number of hydrogen-bond donors (Lipinski definition) is 2. The average molecular weight is 177 g/mol. The molecule has 70 valence electrons. The van der Waals surface area contributed by atoms with Crippen molar-refractivity contribution in [2.75, 3.05) is 0 Å². The summed E-state index contributed by atoms with van der Waals surface area (Å²) in [6, 6.07) is 6.54. The van der Waals surface area contributed by atoms with E-state index in [0.717, 1.165) is 12.0 Å². The second-order valence-electron chi connectivity index (χ2n) is 3.84. The number of aromatic hydroxyl groups is 1. The number of phenolic OH excluding ortho intramolecular Hbond substituents is 1. The van der Waals surface area contributed by atoms with E-state index in [2.05, 4.69) is 25.2 Å². The summed E-state index contributed by atoms with van der Waals surface area (Å²) in [6.45, 7) is 4.26. The van der Waals surface area contributed by atoms with Gasteiger partial charge in [0.15, 0.2) is 0 Å². The van der Waals surface area contributed by atoms with Crippen LogP contribution in [-0.2, 0) is 6.42 Å². The van der Waals surface area contributed by atoms with Gasteiger partial charge in [0.1, 0.15) is 5.75 Å². The summed E-state index contributed by atoms with van der Waals surface area (Å²) in [5.74, 6) is 0.421. The van der Waals surface area contributed by atoms with Gasteiger partial charge in [0, 0.05) is 17.6 Å². The fourth-order valence-corrected chi connectivity index (χ4v) is 2.18. The SMILES string of the molecule is CC1Cc2cccc(O)c2C(C)N1. The predicted octanol–water partition coefficient (Wildman–Crippen LogP) is 1.99. The lowest BCUT2D eigenvalue weighted by Gasteiger charge is -2.29. The summed E-state index contributed by atoms with van der Waals surface area (Å²) in [5, 5.41) is 13.1. The maximum atomic E-state index is 9.67. The van der Waals surface area contributed by atoms with Crippen LogP contribution in [0.1, 0.15) is 31.0 Å². The monoisotopic (exact) mass is 177 g/mol. The van der Waals surface area contributed by atoms with Gasteiger partial charge in [-0.15, -0.1) is 0 Å². The van der Waals surface area contributed by atoms with Crippen LogP contribution in [0.4, 0.5) is 0 Å². The molecule has 2 atom stereocenters. The fourth-order valence-electron chi connectivity index (χ4n) is 2.18. The Hall–Kier alpha value is -1.02. The molecule has 0 spiro atoms. The lowest BCUT2D eigenvalue weighted by atomic mass is 9.91. The zero-order valence-electron chi connectivity index (χ0n) is 8.04. The highest BCUT2D eigenvalue weighted by atomic mass is 16.3. The van der Waals surface area contributed by atoms with Crippen LogP contribution in [-0.4, -0.2) is 11.1 Å². The van der Waals surface area contributed by atoms with Gasteiger partial charge in [-0.05, 0) is 31.9 Å². The van der Waals surface area contributed by atoms with Gasteiger partial charge >= 0.3 is 0 Å². The maximum Gasteiger partial charge on any atom is 0.120 e. The lowest BCUT2D eigenvalue weighted by Crippen LogP contribution is -2.35. The first kappa shape index (κ1) is 8.57. The van der Waals surface area contributed by atoms with Crippen molar-refractivity contribution in [3.8, 4) is 5.75 Å². The van der Waals surface area contributed by atoms with Crippen LogP contribution < -0.4 is 5.32 Å². The Morgan fingerprint density at radius 2 is 2.15 bits per heavy atom. The van der Waals surface area contributed by atoms with Crippen LogP contribution in [0, 0.1) is 0 Å². The molecule has 13 heavy (non-hydrogen) atoms. The summed E-state index contributed by atoms with van der Waals surface area (Å²) in [4.78, 5) is 0. The molecule has 0 fully saturated rings. The van der Waals surface area contributed by atoms with E-state index >= 15 is 0 Å². The van der Waals surface area contributed by atoms with E-state index in [1.807, 2.05) is 6.07 Å². The molecule has 0 saturated heterocycles. The Kier molecular flexibility index (Phi) is 2.00. The first-order valence-corrected chi connectivity index (χ1v) is 4.75. The second kappa shape index (κ2) is 3.04. The zero-order valence-corrected chi connectivity index (χ0v) is 8.04. The molecule has 1 aliphatic heterocycles. The molecule has 0 aromatic heterocycles. The van der Waals surface area contributed by atoms with Crippen molar-refractivity contribution >= 4 is 0 Å². The number of rotatable bonds is 0. The van der Waals surface area contributed by atoms with E-state index in [-0.39, 0.29) is 6.04 Å². The average Bonchev–Trinajstić information content (AvgIpc) is 2.02. The quantitative estimate of drug-likeness (QED) is 0.635. The predicted molar refractivity (Wildman–Crippen MR) is 52.8 cm³/mol. The number of fused-ring (bicyclic) bond motifs is 1. The van der Waals surface area contributed by atoms with E-state index in [4.69, 9.17) is 0 Å². The van der Waals surface area contributed by atoms with Crippen molar-refractivity contribution in [2.45, 2.75) is 32.4 Å². The molecule has 2 nitrogen and oxygen atoms in total. The molecule has 0 bridgehead atoms. The van der Waals surface area contributed by atoms with E-state index in [9.17, 15) is 5.11 Å². The van der Waals surface area contributed by atoms with E-state index in [1.165, 1.54) is 5.56 Å². The van der Waals surface area contributed by atoms with Crippen LogP contribution in [0.15, 0.2) is 18.2 Å². The molecule has 1 aromatic rings. The van der Waals surface area contributed by atoms with Crippen molar-refractivity contribution in [2.24, 2.45) is 0 Å². The van der Waals surface area contributed by atoms with E-state index < -0.39 is 0 Å². The highest BCUT2D eigenvalue weighted by molar-refractivity contribution is 5.43. The van der Waals surface area contributed by atoms with Crippen LogP contribution in [0.25, 0.3) is 0 Å². The van der Waals surface area contributed by atoms with Crippen molar-refractivity contribution in [3.05, 3.63) is 29.3 Å². The summed E-state index contributed by atoms with van der Waals surface area (Å²) in [7, 11) is 0. The normalized spacial score (nSPS) is 26.9. The molecular formula is C11H15NO. The molecule has 0 aliphatic carbocycles. The van der Waals surface area contributed by atoms with Crippen LogP contribution in [0.5, 0.6) is 5.75 Å². The van der Waals surface area contributed by atoms with Gasteiger partial charge in [0.2, 0.25) is 0 Å². The first-order chi connectivity index (χ1) is 6.18. The number of phenols is 1. The Labute approximate surface area is 78.6 Å². The molecule has 1 heterocycles. The highest BCUT2D eigenvalue weighted by Crippen LogP contribution is 2.31. The maximum absolute atomic E-state index is 9.67. The largest absolute Gasteiger partial charge is 0.508 e. The summed E-state index contributed by atoms with van der Waals surface area (Å²) < 4.78 is 0. The Balaban J connectivity index is 2.49. The minimum absolute atomic E-state index is 0.264. The van der Waals surface area contributed by atoms with Gasteiger partial charge in [-0.3, -0.25) is 0 Å². The number of hydrogen-bond acceptors (Lipinski definition) is 2. The third kappa shape index (κ3) is 1.42. The molecule has 1 aromatic carbocycles. The van der Waals surface area contributed by atoms with Crippen LogP contribution in [0.2, 0.25) is 0 Å². The van der Waals surface area contributed by atoms with Crippen molar-refractivity contribution in [1.82, 2.24) is 5.32 Å². The van der Waals surface area contributed by atoms with Crippen LogP contribution in [0.3, 0.4) is 0 Å². The minimum atomic E-state index is 0.264. The van der Waals surface area contributed by atoms with Gasteiger partial charge in [0.05, 0.1) is 0 Å². The fraction of sp³-hybridized carbons (Fsp3) is 0.455. The standard InChI is InChI=1S/C11H15NO/c1-7-6-9-4-3-5-10(13)11(9)8(2)12-7/h3-5,7-8,12-13H,6H2,1-2H3. The van der Waals surface area contributed by atoms with Crippen molar-refractivity contribution < 1.29 is 5.11 Å². The summed E-state index contributed by atoms with van der Waals surface area (Å²) in [5.41, 5.74) is 2.35. The first-order valence-electron chi connectivity index (χ1n) is 4.75. The van der Waals surface area contributed by atoms with Crippen molar-refractivity contribution in [1.29, 1.82) is 0 Å². The number of benzene rings is 1. The summed E-state index contributed by atoms with van der Waals surface area (Å²) >= 11 is 0. The molecule has 2 heteroatoms. The molecule has 0 amide bonds. The Morgan fingerprint density at radius 1 is 1.38 bits per heavy atom. The zero-order chi connectivity index (χ0) is 9.42. The van der Waals surface area contributed by atoms with Gasteiger partial charge < -0.3 is 10.4 Å². The summed E-state index contributed by atoms with van der Waals surface area (Å²) in [6.07, 6.45) is 1.01. The van der Waals surface area contributed by atoms with Gasteiger partial charge in [-0.25, -0.2) is 0 Å². The van der Waals surface area contributed by atoms with Gasteiger partial charge in [-0.1, -0.05) is 12.1 Å². The third-order valence-corrected chi connectivity index (χ3v) is 2.67. The van der Waals surface area contributed by atoms with Crippen molar-refractivity contribution in [3.63, 3.8) is 0 Å². The molecular weight excluding hydrogens is 162 g/mol. The van der Waals surface area contributed by atoms with Gasteiger partial charge in [0.25, 0.3) is 0 Å². The minimum Gasteiger partial charge on any atom is -0.508 e. The number of nitrogens with one attached hydrogen (secondary N) is 1. The van der Waals surface area contributed by atoms with E-state index in [1.54, 1.807) is 6.07 Å². The topological polar surface area (TPSA) is 32.3 Å². The molecule has 0 radical (unpaired) electrons. The molecule has 0 saturated carbocycles. The lowest BCUT2D eigenvalue weighted by molar-refractivity contribution is 0.409. The smallest absolute Gasteiger partial charge is 0.120 e. The Morgan fingerprint density at radius 3 is 2.92 bits per heavy atom. The molecule has 2 N–H and O–H groups in total. The van der Waals surface area contributed by atoms with Gasteiger partial charge in [-0.2, -0.15) is 0 Å². The van der Waals surface area contributed by atoms with Crippen LogP contribution >= 0.6 is 0 Å². The van der Waals surface area contributed by atoms with E-state index in [0.29, 0.717) is 11.8 Å². The molecule has 2 rings (SSSR count). The third-order valence-electron chi connectivity index (χ3n) is 2.67. The molecule has 2 unspecified atom stereocenters. The second-order valence-corrected chi connectivity index (χ2v) is 3.84.